The predicted molar refractivity (Wildman–Crippen MR) is 73.8 cm³/mol. The van der Waals surface area contributed by atoms with Crippen LogP contribution in [-0.2, 0) is 4.79 Å². The first-order valence-corrected chi connectivity index (χ1v) is 6.64. The summed E-state index contributed by atoms with van der Waals surface area (Å²) in [6.07, 6.45) is 3.31. The lowest BCUT2D eigenvalue weighted by atomic mass is 10.2. The van der Waals surface area contributed by atoms with Crippen molar-refractivity contribution in [1.29, 1.82) is 0 Å². The van der Waals surface area contributed by atoms with Crippen LogP contribution in [0.5, 0.6) is 0 Å². The van der Waals surface area contributed by atoms with Gasteiger partial charge in [0.2, 0.25) is 5.91 Å². The average Bonchev–Trinajstić information content (AvgIpc) is 2.78. The Labute approximate surface area is 114 Å². The molecule has 2 aromatic rings. The van der Waals surface area contributed by atoms with Crippen LogP contribution in [0.3, 0.4) is 0 Å². The fraction of sp³-hybridized carbons (Fsp3) is 0.250. The van der Waals surface area contributed by atoms with E-state index in [4.69, 9.17) is 11.6 Å². The third kappa shape index (κ3) is 3.05. The molecule has 4 nitrogen and oxygen atoms in total. The van der Waals surface area contributed by atoms with Crippen LogP contribution in [0.15, 0.2) is 24.5 Å². The molecule has 18 heavy (non-hydrogen) atoms. The topological polar surface area (TPSA) is 54.9 Å². The number of halogens is 1. The largest absolute Gasteiger partial charge is 0.316 e. The van der Waals surface area contributed by atoms with E-state index in [1.165, 1.54) is 11.3 Å². The quantitative estimate of drug-likeness (QED) is 0.877. The number of rotatable bonds is 3. The molecule has 0 bridgehead atoms. The highest BCUT2D eigenvalue weighted by molar-refractivity contribution is 7.19. The summed E-state index contributed by atoms with van der Waals surface area (Å²) < 4.78 is 0. The molecule has 0 aliphatic heterocycles. The number of aromatic nitrogens is 2. The molecule has 0 unspecified atom stereocenters. The van der Waals surface area contributed by atoms with E-state index < -0.39 is 0 Å². The Bertz CT molecular complexity index is 551. The van der Waals surface area contributed by atoms with E-state index in [0.717, 1.165) is 15.6 Å². The number of hydrogen-bond acceptors (Lipinski definition) is 4. The first-order chi connectivity index (χ1) is 8.56. The predicted octanol–water partition coefficient (Wildman–Crippen LogP) is 3.45. The molecule has 0 saturated heterocycles. The number of anilines is 1. The Balaban J connectivity index is 2.15. The van der Waals surface area contributed by atoms with Crippen molar-refractivity contribution in [1.82, 2.24) is 9.97 Å². The van der Waals surface area contributed by atoms with Crippen LogP contribution in [0.2, 0.25) is 5.15 Å². The number of carbonyl (C=O) groups is 1. The number of nitrogens with zero attached hydrogens (tertiary/aromatic N) is 2. The first kappa shape index (κ1) is 13.0. The molecule has 0 aliphatic carbocycles. The Hall–Kier alpha value is -1.46. The van der Waals surface area contributed by atoms with Gasteiger partial charge in [-0.25, -0.2) is 9.97 Å². The van der Waals surface area contributed by atoms with Gasteiger partial charge in [-0.3, -0.25) is 4.79 Å². The van der Waals surface area contributed by atoms with Gasteiger partial charge in [0.05, 0.1) is 6.20 Å². The number of amides is 1. The summed E-state index contributed by atoms with van der Waals surface area (Å²) in [6.45, 7) is 3.70. The van der Waals surface area contributed by atoms with Crippen LogP contribution in [0.1, 0.15) is 13.8 Å². The Kier molecular flexibility index (Phi) is 3.93. The van der Waals surface area contributed by atoms with Gasteiger partial charge in [0.1, 0.15) is 15.2 Å². The van der Waals surface area contributed by atoms with Crippen molar-refractivity contribution in [3.8, 4) is 10.6 Å². The van der Waals surface area contributed by atoms with Crippen LogP contribution >= 0.6 is 22.9 Å². The summed E-state index contributed by atoms with van der Waals surface area (Å²) in [4.78, 5) is 19.8. The van der Waals surface area contributed by atoms with Gasteiger partial charge in [-0.1, -0.05) is 36.8 Å². The van der Waals surface area contributed by atoms with Crippen LogP contribution in [-0.4, -0.2) is 15.9 Å². The fourth-order valence-corrected chi connectivity index (χ4v) is 2.15. The van der Waals surface area contributed by atoms with Crippen LogP contribution < -0.4 is 5.32 Å². The van der Waals surface area contributed by atoms with Crippen LogP contribution in [0.25, 0.3) is 10.6 Å². The van der Waals surface area contributed by atoms with Gasteiger partial charge in [0.15, 0.2) is 0 Å². The highest BCUT2D eigenvalue weighted by Crippen LogP contribution is 2.28. The molecule has 2 aromatic heterocycles. The Morgan fingerprint density at radius 1 is 1.33 bits per heavy atom. The van der Waals surface area contributed by atoms with Crippen molar-refractivity contribution in [3.05, 3.63) is 29.7 Å². The van der Waals surface area contributed by atoms with Gasteiger partial charge in [0.25, 0.3) is 0 Å². The zero-order valence-corrected chi connectivity index (χ0v) is 11.5. The van der Waals surface area contributed by atoms with Gasteiger partial charge in [-0.2, -0.15) is 0 Å². The van der Waals surface area contributed by atoms with E-state index in [-0.39, 0.29) is 11.8 Å². The molecule has 94 valence electrons. The van der Waals surface area contributed by atoms with Gasteiger partial charge in [-0.05, 0) is 12.1 Å². The van der Waals surface area contributed by atoms with Gasteiger partial charge >= 0.3 is 0 Å². The maximum Gasteiger partial charge on any atom is 0.227 e. The van der Waals surface area contributed by atoms with Crippen molar-refractivity contribution in [2.75, 3.05) is 5.32 Å². The summed E-state index contributed by atoms with van der Waals surface area (Å²) in [5.74, 6) is -0.0628. The minimum Gasteiger partial charge on any atom is -0.316 e. The number of hydrogen-bond donors (Lipinski definition) is 1. The smallest absolute Gasteiger partial charge is 0.227 e. The molecule has 0 aliphatic rings. The fourth-order valence-electron chi connectivity index (χ4n) is 1.23. The molecule has 6 heteroatoms. The summed E-state index contributed by atoms with van der Waals surface area (Å²) in [5, 5.41) is 4.80. The summed E-state index contributed by atoms with van der Waals surface area (Å²) >= 11 is 7.13. The zero-order chi connectivity index (χ0) is 13.1. The number of thiazole rings is 1. The lowest BCUT2D eigenvalue weighted by molar-refractivity contribution is -0.118. The molecule has 0 fully saturated rings. The van der Waals surface area contributed by atoms with E-state index >= 15 is 0 Å². The van der Waals surface area contributed by atoms with Crippen LogP contribution in [0, 0.1) is 5.92 Å². The molecule has 0 radical (unpaired) electrons. The minimum absolute atomic E-state index is 0.0144. The molecule has 0 atom stereocenters. The highest BCUT2D eigenvalue weighted by atomic mass is 35.5. The molecular weight excluding hydrogens is 270 g/mol. The molecule has 2 heterocycles. The van der Waals surface area contributed by atoms with Crippen molar-refractivity contribution in [2.45, 2.75) is 13.8 Å². The average molecular weight is 282 g/mol. The maximum atomic E-state index is 11.5. The number of carbonyl (C=O) groups excluding carboxylic acids is 1. The lowest BCUT2D eigenvalue weighted by Gasteiger charge is -2.03. The van der Waals surface area contributed by atoms with E-state index in [9.17, 15) is 4.79 Å². The summed E-state index contributed by atoms with van der Waals surface area (Å²) in [5.41, 5.74) is 0.884. The van der Waals surface area contributed by atoms with Gasteiger partial charge < -0.3 is 5.32 Å². The highest BCUT2D eigenvalue weighted by Gasteiger charge is 2.10. The second-order valence-electron chi connectivity index (χ2n) is 4.04. The van der Waals surface area contributed by atoms with Crippen molar-refractivity contribution < 1.29 is 4.79 Å². The van der Waals surface area contributed by atoms with E-state index in [1.807, 2.05) is 19.9 Å². The summed E-state index contributed by atoms with van der Waals surface area (Å²) in [6, 6.07) is 3.56. The molecule has 1 N–H and O–H groups in total. The molecular formula is C12H12ClN3OS. The zero-order valence-electron chi connectivity index (χ0n) is 9.98. The molecule has 0 spiro atoms. The van der Waals surface area contributed by atoms with Crippen molar-refractivity contribution in [2.24, 2.45) is 5.92 Å². The second kappa shape index (κ2) is 5.46. The van der Waals surface area contributed by atoms with Crippen molar-refractivity contribution in [3.63, 3.8) is 0 Å². The Morgan fingerprint density at radius 3 is 2.72 bits per heavy atom. The summed E-state index contributed by atoms with van der Waals surface area (Å²) in [7, 11) is 0. The molecule has 0 aromatic carbocycles. The molecule has 1 amide bonds. The normalized spacial score (nSPS) is 10.7. The Morgan fingerprint density at radius 2 is 2.11 bits per heavy atom. The minimum atomic E-state index is -0.0484. The van der Waals surface area contributed by atoms with Crippen LogP contribution in [0.4, 0.5) is 5.00 Å². The molecule has 0 saturated carbocycles. The van der Waals surface area contributed by atoms with Crippen molar-refractivity contribution >= 4 is 33.8 Å². The third-order valence-corrected chi connectivity index (χ3v) is 3.44. The third-order valence-electron chi connectivity index (χ3n) is 2.25. The monoisotopic (exact) mass is 281 g/mol. The first-order valence-electron chi connectivity index (χ1n) is 5.45. The number of pyridine rings is 1. The SMILES string of the molecule is CC(C)C(=O)Nc1cnc(-c2ccc(Cl)nc2)s1. The second-order valence-corrected chi connectivity index (χ2v) is 5.46. The van der Waals surface area contributed by atoms with E-state index in [0.29, 0.717) is 5.15 Å². The molecule has 2 rings (SSSR count). The maximum absolute atomic E-state index is 11.5. The van der Waals surface area contributed by atoms with Gasteiger partial charge in [-0.15, -0.1) is 0 Å². The van der Waals surface area contributed by atoms with E-state index in [1.54, 1.807) is 18.5 Å². The number of nitrogens with one attached hydrogen (secondary N) is 1. The lowest BCUT2D eigenvalue weighted by Crippen LogP contribution is -2.16. The standard InChI is InChI=1S/C12H12ClN3OS/c1-7(2)11(17)16-10-6-15-12(18-10)8-3-4-9(13)14-5-8/h3-7H,1-2H3,(H,16,17). The van der Waals surface area contributed by atoms with Gasteiger partial charge in [0, 0.05) is 17.7 Å². The van der Waals surface area contributed by atoms with E-state index in [2.05, 4.69) is 15.3 Å².